The molecule has 1 aliphatic heterocycles. The highest BCUT2D eigenvalue weighted by molar-refractivity contribution is 6.05. The van der Waals surface area contributed by atoms with E-state index >= 15 is 0 Å². The number of aromatic nitrogens is 1. The molecule has 0 spiro atoms. The van der Waals surface area contributed by atoms with Crippen LogP contribution < -0.4 is 5.32 Å². The lowest BCUT2D eigenvalue weighted by atomic mass is 10.2. The predicted molar refractivity (Wildman–Crippen MR) is 96.6 cm³/mol. The van der Waals surface area contributed by atoms with Crippen LogP contribution in [0.25, 0.3) is 0 Å². The van der Waals surface area contributed by atoms with Gasteiger partial charge in [-0.2, -0.15) is 0 Å². The summed E-state index contributed by atoms with van der Waals surface area (Å²) in [5, 5.41) is 2.51. The Morgan fingerprint density at radius 3 is 2.58 bits per heavy atom. The van der Waals surface area contributed by atoms with E-state index in [1.807, 2.05) is 0 Å². The number of benzene rings is 1. The van der Waals surface area contributed by atoms with E-state index in [2.05, 4.69) is 22.1 Å². The summed E-state index contributed by atoms with van der Waals surface area (Å²) in [6, 6.07) is 8.88. The SMILES string of the molecule is CCN1CCN(C(=O)c2cc(C(=O)Nc3ccccc3F)ccn2)CC1. The average Bonchev–Trinajstić information content (AvgIpc) is 2.69. The Bertz CT molecular complexity index is 804. The molecule has 7 heteroatoms. The molecule has 136 valence electrons. The highest BCUT2D eigenvalue weighted by Crippen LogP contribution is 2.15. The fraction of sp³-hybridized carbons (Fsp3) is 0.316. The van der Waals surface area contributed by atoms with Crippen molar-refractivity contribution in [1.82, 2.24) is 14.8 Å². The number of piperazine rings is 1. The van der Waals surface area contributed by atoms with E-state index in [0.29, 0.717) is 13.1 Å². The Balaban J connectivity index is 1.71. The maximum atomic E-state index is 13.7. The second-order valence-corrected chi connectivity index (χ2v) is 6.09. The van der Waals surface area contributed by atoms with Crippen LogP contribution in [0.1, 0.15) is 27.8 Å². The molecule has 1 aromatic carbocycles. The fourth-order valence-corrected chi connectivity index (χ4v) is 2.87. The van der Waals surface area contributed by atoms with E-state index in [-0.39, 0.29) is 22.9 Å². The first-order valence-electron chi connectivity index (χ1n) is 8.62. The number of halogens is 1. The maximum absolute atomic E-state index is 13.7. The minimum Gasteiger partial charge on any atom is -0.335 e. The largest absolute Gasteiger partial charge is 0.335 e. The molecule has 1 saturated heterocycles. The Morgan fingerprint density at radius 1 is 1.15 bits per heavy atom. The number of carbonyl (C=O) groups is 2. The third kappa shape index (κ3) is 4.05. The van der Waals surface area contributed by atoms with Gasteiger partial charge < -0.3 is 15.1 Å². The summed E-state index contributed by atoms with van der Waals surface area (Å²) in [5.74, 6) is -1.19. The fourth-order valence-electron chi connectivity index (χ4n) is 2.87. The van der Waals surface area contributed by atoms with Gasteiger partial charge in [-0.25, -0.2) is 4.39 Å². The first-order chi connectivity index (χ1) is 12.6. The number of pyridine rings is 1. The Labute approximate surface area is 151 Å². The van der Waals surface area contributed by atoms with Gasteiger partial charge in [-0.3, -0.25) is 14.6 Å². The molecule has 26 heavy (non-hydrogen) atoms. The third-order valence-electron chi connectivity index (χ3n) is 4.47. The lowest BCUT2D eigenvalue weighted by molar-refractivity contribution is 0.0637. The highest BCUT2D eigenvalue weighted by atomic mass is 19.1. The summed E-state index contributed by atoms with van der Waals surface area (Å²) in [5.41, 5.74) is 0.577. The smallest absolute Gasteiger partial charge is 0.272 e. The zero-order chi connectivity index (χ0) is 18.5. The zero-order valence-electron chi connectivity index (χ0n) is 14.6. The molecule has 0 atom stereocenters. The van der Waals surface area contributed by atoms with Gasteiger partial charge in [0.05, 0.1) is 5.69 Å². The second-order valence-electron chi connectivity index (χ2n) is 6.09. The number of nitrogens with one attached hydrogen (secondary N) is 1. The van der Waals surface area contributed by atoms with E-state index in [0.717, 1.165) is 19.6 Å². The van der Waals surface area contributed by atoms with Crippen LogP contribution in [0.4, 0.5) is 10.1 Å². The van der Waals surface area contributed by atoms with Crippen LogP contribution in [0.3, 0.4) is 0 Å². The number of hydrogen-bond donors (Lipinski definition) is 1. The molecule has 0 bridgehead atoms. The third-order valence-corrected chi connectivity index (χ3v) is 4.47. The van der Waals surface area contributed by atoms with Gasteiger partial charge in [0.15, 0.2) is 0 Å². The molecular weight excluding hydrogens is 335 g/mol. The average molecular weight is 356 g/mol. The maximum Gasteiger partial charge on any atom is 0.272 e. The minimum atomic E-state index is -0.514. The number of likely N-dealkylation sites (N-methyl/N-ethyl adjacent to an activating group) is 1. The lowest BCUT2D eigenvalue weighted by Crippen LogP contribution is -2.48. The first kappa shape index (κ1) is 18.0. The first-order valence-corrected chi connectivity index (χ1v) is 8.62. The molecule has 1 fully saturated rings. The van der Waals surface area contributed by atoms with Crippen molar-refractivity contribution in [3.8, 4) is 0 Å². The normalized spacial score (nSPS) is 14.9. The zero-order valence-corrected chi connectivity index (χ0v) is 14.6. The van der Waals surface area contributed by atoms with Gasteiger partial charge in [0.1, 0.15) is 11.5 Å². The van der Waals surface area contributed by atoms with Gasteiger partial charge >= 0.3 is 0 Å². The number of anilines is 1. The van der Waals surface area contributed by atoms with Crippen molar-refractivity contribution in [2.45, 2.75) is 6.92 Å². The van der Waals surface area contributed by atoms with E-state index < -0.39 is 11.7 Å². The van der Waals surface area contributed by atoms with E-state index in [1.54, 1.807) is 17.0 Å². The number of rotatable bonds is 4. The van der Waals surface area contributed by atoms with Gasteiger partial charge in [-0.15, -0.1) is 0 Å². The molecule has 2 aromatic rings. The molecular formula is C19H21FN4O2. The number of carbonyl (C=O) groups excluding carboxylic acids is 2. The van der Waals surface area contributed by atoms with Gasteiger partial charge in [0.2, 0.25) is 0 Å². The molecule has 1 aliphatic rings. The summed E-state index contributed by atoms with van der Waals surface area (Å²) in [6.07, 6.45) is 1.42. The van der Waals surface area contributed by atoms with Crippen molar-refractivity contribution in [1.29, 1.82) is 0 Å². The molecule has 2 heterocycles. The number of hydrogen-bond acceptors (Lipinski definition) is 4. The van der Waals surface area contributed by atoms with E-state index in [9.17, 15) is 14.0 Å². The Kier molecular flexibility index (Phi) is 5.58. The summed E-state index contributed by atoms with van der Waals surface area (Å²) < 4.78 is 13.7. The summed E-state index contributed by atoms with van der Waals surface area (Å²) in [6.45, 7) is 5.99. The van der Waals surface area contributed by atoms with E-state index in [4.69, 9.17) is 0 Å². The van der Waals surface area contributed by atoms with Crippen LogP contribution in [0.2, 0.25) is 0 Å². The number of nitrogens with zero attached hydrogens (tertiary/aromatic N) is 3. The second kappa shape index (κ2) is 8.05. The highest BCUT2D eigenvalue weighted by Gasteiger charge is 2.23. The lowest BCUT2D eigenvalue weighted by Gasteiger charge is -2.33. The van der Waals surface area contributed by atoms with Crippen LogP contribution in [-0.4, -0.2) is 59.3 Å². The van der Waals surface area contributed by atoms with Crippen LogP contribution in [0.15, 0.2) is 42.6 Å². The molecule has 0 unspecified atom stereocenters. The molecule has 6 nitrogen and oxygen atoms in total. The molecule has 1 aromatic heterocycles. The molecule has 0 radical (unpaired) electrons. The Hall–Kier alpha value is -2.80. The minimum absolute atomic E-state index is 0.0953. The number of para-hydroxylation sites is 1. The van der Waals surface area contributed by atoms with Crippen molar-refractivity contribution in [2.24, 2.45) is 0 Å². The van der Waals surface area contributed by atoms with Crippen LogP contribution in [-0.2, 0) is 0 Å². The standard InChI is InChI=1S/C19H21FN4O2/c1-2-23-9-11-24(12-10-23)19(26)17-13-14(7-8-21-17)18(25)22-16-6-4-3-5-15(16)20/h3-8,13H,2,9-12H2,1H3,(H,22,25). The molecule has 3 rings (SSSR count). The van der Waals surface area contributed by atoms with Crippen LogP contribution >= 0.6 is 0 Å². The molecule has 1 N–H and O–H groups in total. The topological polar surface area (TPSA) is 65.5 Å². The monoisotopic (exact) mass is 356 g/mol. The quantitative estimate of drug-likeness (QED) is 0.913. The van der Waals surface area contributed by atoms with Gasteiger partial charge in [0.25, 0.3) is 11.8 Å². The van der Waals surface area contributed by atoms with E-state index in [1.165, 1.54) is 30.5 Å². The molecule has 2 amide bonds. The van der Waals surface area contributed by atoms with Gasteiger partial charge in [0, 0.05) is 37.9 Å². The molecule has 0 saturated carbocycles. The van der Waals surface area contributed by atoms with Crippen molar-refractivity contribution in [3.05, 3.63) is 59.7 Å². The van der Waals surface area contributed by atoms with Crippen molar-refractivity contribution in [2.75, 3.05) is 38.0 Å². The predicted octanol–water partition coefficient (Wildman–Crippen LogP) is 2.25. The summed E-state index contributed by atoms with van der Waals surface area (Å²) >= 11 is 0. The van der Waals surface area contributed by atoms with Gasteiger partial charge in [-0.1, -0.05) is 19.1 Å². The van der Waals surface area contributed by atoms with Crippen molar-refractivity contribution in [3.63, 3.8) is 0 Å². The van der Waals surface area contributed by atoms with Crippen LogP contribution in [0, 0.1) is 5.82 Å². The number of amides is 2. The van der Waals surface area contributed by atoms with Gasteiger partial charge in [-0.05, 0) is 30.8 Å². The summed E-state index contributed by atoms with van der Waals surface area (Å²) in [4.78, 5) is 33.1. The summed E-state index contributed by atoms with van der Waals surface area (Å²) in [7, 11) is 0. The van der Waals surface area contributed by atoms with Crippen molar-refractivity contribution >= 4 is 17.5 Å². The molecule has 0 aliphatic carbocycles. The van der Waals surface area contributed by atoms with Crippen LogP contribution in [0.5, 0.6) is 0 Å². The van der Waals surface area contributed by atoms with Crippen molar-refractivity contribution < 1.29 is 14.0 Å². The Morgan fingerprint density at radius 2 is 1.88 bits per heavy atom.